The molecule has 0 aliphatic rings. The fraction of sp³-hybridized carbons (Fsp3) is 0.400. The molecule has 0 radical (unpaired) electrons. The number of hydrogen-bond acceptors (Lipinski definition) is 4. The average Bonchev–Trinajstić information content (AvgIpc) is 2.72. The van der Waals surface area contributed by atoms with Crippen LogP contribution < -0.4 is 10.5 Å². The van der Waals surface area contributed by atoms with Crippen LogP contribution in [0.3, 0.4) is 0 Å². The average molecular weight is 258 g/mol. The Bertz CT molecular complexity index is 494. The molecule has 0 saturated carbocycles. The zero-order valence-corrected chi connectivity index (χ0v) is 10.6. The molecule has 0 aromatic carbocycles. The third-order valence-corrected chi connectivity index (χ3v) is 4.12. The molecule has 1 aromatic heterocycles. The maximum Gasteiger partial charge on any atom is 0.211 e. The van der Waals surface area contributed by atoms with Gasteiger partial charge in [0, 0.05) is 22.4 Å². The largest absolute Gasteiger partial charge is 0.320 e. The van der Waals surface area contributed by atoms with Crippen molar-refractivity contribution in [2.75, 3.05) is 12.3 Å². The predicted molar refractivity (Wildman–Crippen MR) is 66.6 cm³/mol. The summed E-state index contributed by atoms with van der Waals surface area (Å²) in [7, 11) is -3.12. The zero-order chi connectivity index (χ0) is 12.0. The molecule has 16 heavy (non-hydrogen) atoms. The lowest BCUT2D eigenvalue weighted by Gasteiger charge is -2.01. The minimum absolute atomic E-state index is 0.0954. The maximum atomic E-state index is 11.2. The molecule has 1 aromatic rings. The summed E-state index contributed by atoms with van der Waals surface area (Å²) in [6.07, 6.45) is 0. The van der Waals surface area contributed by atoms with E-state index >= 15 is 0 Å². The number of sulfonamides is 1. The van der Waals surface area contributed by atoms with E-state index < -0.39 is 10.0 Å². The maximum absolute atomic E-state index is 11.2. The highest BCUT2D eigenvalue weighted by molar-refractivity contribution is 7.89. The van der Waals surface area contributed by atoms with Crippen molar-refractivity contribution in [2.45, 2.75) is 13.5 Å². The second-order valence-corrected chi connectivity index (χ2v) is 6.12. The normalized spacial score (nSPS) is 10.9. The van der Waals surface area contributed by atoms with Crippen LogP contribution in [0.15, 0.2) is 11.4 Å². The van der Waals surface area contributed by atoms with Crippen molar-refractivity contribution in [2.24, 2.45) is 5.73 Å². The van der Waals surface area contributed by atoms with Crippen molar-refractivity contribution in [3.05, 3.63) is 21.9 Å². The Morgan fingerprint density at radius 2 is 2.31 bits per heavy atom. The topological polar surface area (TPSA) is 72.2 Å². The van der Waals surface area contributed by atoms with Gasteiger partial charge in [-0.25, -0.2) is 13.1 Å². The highest BCUT2D eigenvalue weighted by Crippen LogP contribution is 2.13. The molecular weight excluding hydrogens is 244 g/mol. The number of rotatable bonds is 4. The first-order valence-corrected chi connectivity index (χ1v) is 7.34. The molecule has 0 saturated heterocycles. The van der Waals surface area contributed by atoms with Crippen molar-refractivity contribution >= 4 is 21.4 Å². The van der Waals surface area contributed by atoms with E-state index in [2.05, 4.69) is 16.6 Å². The van der Waals surface area contributed by atoms with Crippen LogP contribution in [-0.2, 0) is 16.6 Å². The van der Waals surface area contributed by atoms with Gasteiger partial charge < -0.3 is 5.73 Å². The minimum Gasteiger partial charge on any atom is -0.320 e. The van der Waals surface area contributed by atoms with Gasteiger partial charge in [0.1, 0.15) is 0 Å². The zero-order valence-electron chi connectivity index (χ0n) is 8.99. The SMILES string of the molecule is CCS(=O)(=O)NCc1cc(C#CCN)cs1. The molecule has 0 bridgehead atoms. The van der Waals surface area contributed by atoms with E-state index in [0.717, 1.165) is 10.4 Å². The summed E-state index contributed by atoms with van der Waals surface area (Å²) >= 11 is 1.48. The highest BCUT2D eigenvalue weighted by atomic mass is 32.2. The Hall–Kier alpha value is -0.870. The monoisotopic (exact) mass is 258 g/mol. The summed E-state index contributed by atoms with van der Waals surface area (Å²) in [6.45, 7) is 2.26. The summed E-state index contributed by atoms with van der Waals surface area (Å²) in [5.41, 5.74) is 6.13. The second kappa shape index (κ2) is 6.01. The number of hydrogen-bond donors (Lipinski definition) is 2. The molecule has 0 amide bonds. The molecule has 0 spiro atoms. The molecule has 0 fully saturated rings. The van der Waals surface area contributed by atoms with E-state index in [0.29, 0.717) is 13.1 Å². The standard InChI is InChI=1S/C10H14N2O2S2/c1-2-16(13,14)12-7-10-6-9(8-15-10)4-3-5-11/h6,8,12H,2,5,7,11H2,1H3. The van der Waals surface area contributed by atoms with Crippen LogP contribution in [0.25, 0.3) is 0 Å². The van der Waals surface area contributed by atoms with Crippen LogP contribution >= 0.6 is 11.3 Å². The Morgan fingerprint density at radius 3 is 2.94 bits per heavy atom. The number of thiophene rings is 1. The lowest BCUT2D eigenvalue weighted by atomic mass is 10.3. The van der Waals surface area contributed by atoms with Crippen LogP contribution in [-0.4, -0.2) is 20.7 Å². The van der Waals surface area contributed by atoms with E-state index in [1.165, 1.54) is 11.3 Å². The third-order valence-electron chi connectivity index (χ3n) is 1.83. The molecule has 3 N–H and O–H groups in total. The lowest BCUT2D eigenvalue weighted by molar-refractivity contribution is 0.583. The van der Waals surface area contributed by atoms with Crippen molar-refractivity contribution < 1.29 is 8.42 Å². The van der Waals surface area contributed by atoms with E-state index in [4.69, 9.17) is 5.73 Å². The summed E-state index contributed by atoms with van der Waals surface area (Å²) < 4.78 is 24.9. The van der Waals surface area contributed by atoms with Gasteiger partial charge >= 0.3 is 0 Å². The molecule has 6 heteroatoms. The van der Waals surface area contributed by atoms with Gasteiger partial charge in [-0.3, -0.25) is 0 Å². The fourth-order valence-corrected chi connectivity index (χ4v) is 2.40. The minimum atomic E-state index is -3.12. The molecule has 88 valence electrons. The fourth-order valence-electron chi connectivity index (χ4n) is 0.975. The van der Waals surface area contributed by atoms with Crippen LogP contribution in [0.4, 0.5) is 0 Å². The van der Waals surface area contributed by atoms with Gasteiger partial charge in [-0.1, -0.05) is 11.8 Å². The highest BCUT2D eigenvalue weighted by Gasteiger charge is 2.06. The van der Waals surface area contributed by atoms with Gasteiger partial charge in [0.25, 0.3) is 0 Å². The smallest absolute Gasteiger partial charge is 0.211 e. The number of nitrogens with two attached hydrogens (primary N) is 1. The summed E-state index contributed by atoms with van der Waals surface area (Å²) in [5.74, 6) is 5.74. The first kappa shape index (κ1) is 13.2. The summed E-state index contributed by atoms with van der Waals surface area (Å²) in [4.78, 5) is 0.943. The van der Waals surface area contributed by atoms with Crippen LogP contribution in [0.1, 0.15) is 17.4 Å². The van der Waals surface area contributed by atoms with E-state index in [1.54, 1.807) is 6.92 Å². The van der Waals surface area contributed by atoms with E-state index in [9.17, 15) is 8.42 Å². The third kappa shape index (κ3) is 4.33. The van der Waals surface area contributed by atoms with Gasteiger partial charge in [0.15, 0.2) is 0 Å². The first-order chi connectivity index (χ1) is 7.57. The van der Waals surface area contributed by atoms with Crippen molar-refractivity contribution in [1.82, 2.24) is 4.72 Å². The molecule has 0 aliphatic carbocycles. The summed E-state index contributed by atoms with van der Waals surface area (Å²) in [5, 5.41) is 1.89. The van der Waals surface area contributed by atoms with Crippen LogP contribution in [0.2, 0.25) is 0 Å². The predicted octanol–water partition coefficient (Wildman–Crippen LogP) is 0.498. The van der Waals surface area contributed by atoms with Crippen molar-refractivity contribution in [1.29, 1.82) is 0 Å². The summed E-state index contributed by atoms with van der Waals surface area (Å²) in [6, 6.07) is 1.87. The molecule has 0 atom stereocenters. The van der Waals surface area contributed by atoms with E-state index in [-0.39, 0.29) is 5.75 Å². The molecule has 1 heterocycles. The van der Waals surface area contributed by atoms with Crippen LogP contribution in [0.5, 0.6) is 0 Å². The van der Waals surface area contributed by atoms with Gasteiger partial charge in [0.2, 0.25) is 10.0 Å². The van der Waals surface area contributed by atoms with Gasteiger partial charge in [0.05, 0.1) is 12.3 Å². The molecular formula is C10H14N2O2S2. The van der Waals surface area contributed by atoms with Gasteiger partial charge in [-0.15, -0.1) is 11.3 Å². The van der Waals surface area contributed by atoms with Gasteiger partial charge in [-0.05, 0) is 13.0 Å². The van der Waals surface area contributed by atoms with E-state index in [1.807, 2.05) is 11.4 Å². The van der Waals surface area contributed by atoms with Crippen molar-refractivity contribution in [3.8, 4) is 11.8 Å². The molecule has 4 nitrogen and oxygen atoms in total. The quantitative estimate of drug-likeness (QED) is 0.772. The lowest BCUT2D eigenvalue weighted by Crippen LogP contribution is -2.24. The first-order valence-electron chi connectivity index (χ1n) is 4.81. The molecule has 0 unspecified atom stereocenters. The molecule has 0 aliphatic heterocycles. The Morgan fingerprint density at radius 1 is 1.56 bits per heavy atom. The van der Waals surface area contributed by atoms with Gasteiger partial charge in [-0.2, -0.15) is 0 Å². The Labute approximate surface area is 99.9 Å². The van der Waals surface area contributed by atoms with Crippen LogP contribution in [0, 0.1) is 11.8 Å². The van der Waals surface area contributed by atoms with Crippen molar-refractivity contribution in [3.63, 3.8) is 0 Å². The number of nitrogens with one attached hydrogen (secondary N) is 1. The Kier molecular flexibility index (Phi) is 4.96. The molecule has 1 rings (SSSR count). The second-order valence-electron chi connectivity index (χ2n) is 3.03. The Balaban J connectivity index is 2.60.